The van der Waals surface area contributed by atoms with Gasteiger partial charge in [-0.15, -0.1) is 0 Å². The number of carbonyl (C=O) groups is 1. The molecule has 0 atom stereocenters. The summed E-state index contributed by atoms with van der Waals surface area (Å²) in [7, 11) is 0. The fourth-order valence-electron chi connectivity index (χ4n) is 1.52. The van der Waals surface area contributed by atoms with Crippen molar-refractivity contribution in [3.8, 4) is 0 Å². The first-order valence-electron chi connectivity index (χ1n) is 5.93. The van der Waals surface area contributed by atoms with Gasteiger partial charge < -0.3 is 10.1 Å². The fourth-order valence-corrected chi connectivity index (χ4v) is 1.82. The number of benzene rings is 2. The molecule has 3 nitrogen and oxygen atoms in total. The van der Waals surface area contributed by atoms with Gasteiger partial charge in [0.1, 0.15) is 11.6 Å². The fraction of sp³-hybridized carbons (Fsp3) is 0.0667. The van der Waals surface area contributed by atoms with Crippen LogP contribution in [0.2, 0.25) is 5.02 Å². The predicted octanol–water partition coefficient (Wildman–Crippen LogP) is 3.93. The van der Waals surface area contributed by atoms with Gasteiger partial charge in [-0.05, 0) is 36.4 Å². The molecule has 0 heterocycles. The van der Waals surface area contributed by atoms with Crippen molar-refractivity contribution in [2.75, 3.05) is 11.9 Å². The van der Waals surface area contributed by atoms with E-state index >= 15 is 0 Å². The number of thiocarbonyl (C=S) groups is 1. The molecule has 0 saturated heterocycles. The van der Waals surface area contributed by atoms with Crippen LogP contribution in [0.1, 0.15) is 10.4 Å². The summed E-state index contributed by atoms with van der Waals surface area (Å²) in [6, 6.07) is 16.0. The Hall–Kier alpha value is -1.39. The second-order valence-electron chi connectivity index (χ2n) is 4.00. The first-order valence-corrected chi connectivity index (χ1v) is 6.71. The third-order valence-electron chi connectivity index (χ3n) is 2.47. The number of esters is 1. The summed E-state index contributed by atoms with van der Waals surface area (Å²) < 4.78 is 5.12. The van der Waals surface area contributed by atoms with Gasteiger partial charge in [0.2, 0.25) is 0 Å². The van der Waals surface area contributed by atoms with Crippen LogP contribution in [0.3, 0.4) is 0 Å². The minimum absolute atomic E-state index is 0. The van der Waals surface area contributed by atoms with Gasteiger partial charge in [-0.2, -0.15) is 0 Å². The summed E-state index contributed by atoms with van der Waals surface area (Å²) in [5.74, 6) is -0.432. The molecule has 1 N–H and O–H groups in total. The van der Waals surface area contributed by atoms with E-state index in [-0.39, 0.29) is 23.7 Å². The second kappa shape index (κ2) is 8.80. The first-order chi connectivity index (χ1) is 9.65. The molecule has 6 heteroatoms. The van der Waals surface area contributed by atoms with Gasteiger partial charge in [-0.25, -0.2) is 4.79 Å². The van der Waals surface area contributed by atoms with Crippen molar-refractivity contribution < 1.29 is 26.6 Å². The van der Waals surface area contributed by atoms with Crippen LogP contribution in [0.15, 0.2) is 54.6 Å². The quantitative estimate of drug-likeness (QED) is 0.504. The largest absolute Gasteiger partial charge is 0.455 e. The molecule has 21 heavy (non-hydrogen) atoms. The number of hydrogen-bond donors (Lipinski definition) is 1. The van der Waals surface area contributed by atoms with Crippen molar-refractivity contribution in [3.63, 3.8) is 0 Å². The maximum atomic E-state index is 11.8. The molecule has 2 aromatic carbocycles. The average molecular weight is 369 g/mol. The zero-order valence-corrected chi connectivity index (χ0v) is 13.3. The van der Waals surface area contributed by atoms with Crippen LogP contribution in [0.5, 0.6) is 0 Å². The summed E-state index contributed by atoms with van der Waals surface area (Å²) >= 11 is 10.9. The van der Waals surface area contributed by atoms with E-state index < -0.39 is 5.97 Å². The van der Waals surface area contributed by atoms with Gasteiger partial charge >= 0.3 is 5.97 Å². The molecule has 0 aliphatic heterocycles. The Bertz CT molecular complexity index is 605. The Kier molecular flexibility index (Phi) is 7.40. The van der Waals surface area contributed by atoms with E-state index in [4.69, 9.17) is 28.6 Å². The van der Waals surface area contributed by atoms with Crippen LogP contribution in [-0.4, -0.2) is 17.6 Å². The van der Waals surface area contributed by atoms with Crippen molar-refractivity contribution in [3.05, 3.63) is 65.2 Å². The maximum absolute atomic E-state index is 11.8. The molecule has 0 aliphatic carbocycles. The van der Waals surface area contributed by atoms with Crippen molar-refractivity contribution in [1.82, 2.24) is 0 Å². The SMILES string of the molecule is O=C(OCC(=S)Nc1ccccc1)c1ccc(Cl)cc1.[Cu]. The third-order valence-corrected chi connectivity index (χ3v) is 2.94. The van der Waals surface area contributed by atoms with Crippen molar-refractivity contribution >= 4 is 40.5 Å². The Balaban J connectivity index is 0.00000220. The minimum atomic E-state index is -0.432. The predicted molar refractivity (Wildman–Crippen MR) is 84.4 cm³/mol. The number of halogens is 1. The number of para-hydroxylation sites is 1. The van der Waals surface area contributed by atoms with E-state index in [2.05, 4.69) is 5.32 Å². The van der Waals surface area contributed by atoms with Crippen LogP contribution in [0, 0.1) is 0 Å². The van der Waals surface area contributed by atoms with Crippen molar-refractivity contribution in [1.29, 1.82) is 0 Å². The van der Waals surface area contributed by atoms with Crippen LogP contribution >= 0.6 is 23.8 Å². The summed E-state index contributed by atoms with van der Waals surface area (Å²) in [4.78, 5) is 12.2. The van der Waals surface area contributed by atoms with Gasteiger partial charge in [0.25, 0.3) is 0 Å². The molecule has 2 rings (SSSR count). The van der Waals surface area contributed by atoms with Crippen LogP contribution in [0.25, 0.3) is 0 Å². The van der Waals surface area contributed by atoms with Crippen LogP contribution < -0.4 is 5.32 Å². The number of nitrogens with one attached hydrogen (secondary N) is 1. The summed E-state index contributed by atoms with van der Waals surface area (Å²) in [6.45, 7) is 0.0334. The maximum Gasteiger partial charge on any atom is 0.338 e. The van der Waals surface area contributed by atoms with Crippen molar-refractivity contribution in [2.45, 2.75) is 0 Å². The van der Waals surface area contributed by atoms with E-state index in [1.807, 2.05) is 30.3 Å². The van der Waals surface area contributed by atoms with E-state index in [9.17, 15) is 4.79 Å². The third kappa shape index (κ3) is 5.86. The number of hydrogen-bond acceptors (Lipinski definition) is 3. The molecular formula is C15H12ClCuNO2S. The van der Waals surface area contributed by atoms with Gasteiger partial charge in [0, 0.05) is 27.8 Å². The van der Waals surface area contributed by atoms with Gasteiger partial charge in [0.15, 0.2) is 0 Å². The minimum Gasteiger partial charge on any atom is -0.455 e. The normalized spacial score (nSPS) is 9.38. The molecule has 0 amide bonds. The number of anilines is 1. The van der Waals surface area contributed by atoms with Gasteiger partial charge in [-0.1, -0.05) is 42.0 Å². The summed E-state index contributed by atoms with van der Waals surface area (Å²) in [6.07, 6.45) is 0. The van der Waals surface area contributed by atoms with E-state index in [0.29, 0.717) is 15.6 Å². The number of ether oxygens (including phenoxy) is 1. The molecular weight excluding hydrogens is 357 g/mol. The van der Waals surface area contributed by atoms with Crippen LogP contribution in [0.4, 0.5) is 5.69 Å². The van der Waals surface area contributed by atoms with E-state index in [1.54, 1.807) is 24.3 Å². The van der Waals surface area contributed by atoms with E-state index in [0.717, 1.165) is 5.69 Å². The monoisotopic (exact) mass is 368 g/mol. The Morgan fingerprint density at radius 2 is 1.71 bits per heavy atom. The summed E-state index contributed by atoms with van der Waals surface area (Å²) in [5, 5.41) is 3.56. The standard InChI is InChI=1S/C15H12ClNO2S.Cu/c16-12-8-6-11(7-9-12)15(18)19-10-14(20)17-13-4-2-1-3-5-13;/h1-9H,10H2,(H,17,20);. The second-order valence-corrected chi connectivity index (χ2v) is 4.93. The molecule has 113 valence electrons. The molecule has 0 bridgehead atoms. The first kappa shape index (κ1) is 17.7. The molecule has 0 spiro atoms. The smallest absolute Gasteiger partial charge is 0.338 e. The van der Waals surface area contributed by atoms with Crippen LogP contribution in [-0.2, 0) is 21.8 Å². The number of carbonyl (C=O) groups excluding carboxylic acids is 1. The zero-order chi connectivity index (χ0) is 14.4. The molecule has 1 radical (unpaired) electrons. The average Bonchev–Trinajstić information content (AvgIpc) is 2.46. The topological polar surface area (TPSA) is 38.3 Å². The van der Waals surface area contributed by atoms with E-state index in [1.165, 1.54) is 0 Å². The molecule has 0 aromatic heterocycles. The molecule has 0 unspecified atom stereocenters. The zero-order valence-electron chi connectivity index (χ0n) is 10.8. The Morgan fingerprint density at radius 1 is 1.10 bits per heavy atom. The molecule has 2 aromatic rings. The van der Waals surface area contributed by atoms with Gasteiger partial charge in [-0.3, -0.25) is 0 Å². The molecule has 0 aliphatic rings. The van der Waals surface area contributed by atoms with Crippen molar-refractivity contribution in [2.24, 2.45) is 0 Å². The van der Waals surface area contributed by atoms with Gasteiger partial charge in [0.05, 0.1) is 5.56 Å². The Morgan fingerprint density at radius 3 is 2.33 bits per heavy atom. The number of rotatable bonds is 4. The molecule has 0 fully saturated rings. The Labute approximate surface area is 144 Å². The molecule has 0 saturated carbocycles. The summed E-state index contributed by atoms with van der Waals surface area (Å²) in [5.41, 5.74) is 1.30.